The van der Waals surface area contributed by atoms with Crippen LogP contribution in [0.25, 0.3) is 17.3 Å². The summed E-state index contributed by atoms with van der Waals surface area (Å²) in [7, 11) is 0. The molecule has 1 aliphatic rings. The number of tetrazole rings is 1. The third-order valence-corrected chi connectivity index (χ3v) is 6.48. The van der Waals surface area contributed by atoms with E-state index in [4.69, 9.17) is 0 Å². The SMILES string of the molecule is CCCc1cn(-c2nccn2CCC)c(=O)n1CC1(c2cccc(-c3nnn[nH]3)c2)C=CN=CC1. The number of benzene rings is 1. The van der Waals surface area contributed by atoms with Crippen molar-refractivity contribution in [3.63, 3.8) is 0 Å². The number of aromatic nitrogens is 8. The van der Waals surface area contributed by atoms with Crippen LogP contribution in [0.3, 0.4) is 0 Å². The molecule has 1 aliphatic heterocycles. The summed E-state index contributed by atoms with van der Waals surface area (Å²) in [6.45, 7) is 5.54. The van der Waals surface area contributed by atoms with Crippen LogP contribution in [-0.2, 0) is 24.9 Å². The number of hydrogen-bond donors (Lipinski definition) is 1. The van der Waals surface area contributed by atoms with Crippen molar-refractivity contribution in [3.05, 3.63) is 76.9 Å². The Labute approximate surface area is 203 Å². The molecule has 3 aromatic heterocycles. The van der Waals surface area contributed by atoms with Gasteiger partial charge in [0.25, 0.3) is 0 Å². The number of aromatic amines is 1. The first-order chi connectivity index (χ1) is 17.1. The van der Waals surface area contributed by atoms with Gasteiger partial charge in [0.15, 0.2) is 5.82 Å². The Hall–Kier alpha value is -4.08. The maximum Gasteiger partial charge on any atom is 0.335 e. The van der Waals surface area contributed by atoms with Gasteiger partial charge in [0.1, 0.15) is 0 Å². The van der Waals surface area contributed by atoms with Crippen molar-refractivity contribution in [2.45, 2.75) is 58.0 Å². The van der Waals surface area contributed by atoms with Crippen LogP contribution in [0.2, 0.25) is 0 Å². The minimum absolute atomic E-state index is 0.0807. The number of nitrogens with one attached hydrogen (secondary N) is 1. The number of aliphatic imine (C=N–C) groups is 1. The fourth-order valence-corrected chi connectivity index (χ4v) is 4.72. The zero-order valence-electron chi connectivity index (χ0n) is 20.0. The number of nitrogens with zero attached hydrogens (tertiary/aromatic N) is 8. The van der Waals surface area contributed by atoms with Crippen LogP contribution < -0.4 is 5.69 Å². The number of H-pyrrole nitrogens is 1. The highest BCUT2D eigenvalue weighted by molar-refractivity contribution is 5.65. The zero-order chi connectivity index (χ0) is 24.3. The highest BCUT2D eigenvalue weighted by atomic mass is 16.1. The standard InChI is InChI=1S/C25H29N9O/c1-3-6-21-17-33(23-27-13-15-32(23)14-4-2)24(35)34(21)18-25(9-11-26-12-10-25)20-8-5-7-19(16-20)22-28-30-31-29-22/h5,7-9,11-13,15-17H,3-4,6,10,14,18H2,1-2H3,(H,28,29,30,31). The quantitative estimate of drug-likeness (QED) is 0.403. The van der Waals surface area contributed by atoms with Crippen molar-refractivity contribution >= 4 is 6.21 Å². The third kappa shape index (κ3) is 4.27. The van der Waals surface area contributed by atoms with E-state index in [2.05, 4.69) is 62.7 Å². The molecule has 0 amide bonds. The minimum atomic E-state index is -0.442. The van der Waals surface area contributed by atoms with Gasteiger partial charge in [0, 0.05) is 60.8 Å². The maximum atomic E-state index is 13.8. The summed E-state index contributed by atoms with van der Waals surface area (Å²) in [6.07, 6.45) is 14.8. The van der Waals surface area contributed by atoms with Crippen LogP contribution in [0.4, 0.5) is 0 Å². The van der Waals surface area contributed by atoms with Crippen molar-refractivity contribution in [1.29, 1.82) is 0 Å². The Kier molecular flexibility index (Phi) is 6.26. The van der Waals surface area contributed by atoms with Crippen molar-refractivity contribution in [1.82, 2.24) is 39.3 Å². The summed E-state index contributed by atoms with van der Waals surface area (Å²) in [4.78, 5) is 22.6. The van der Waals surface area contributed by atoms with Crippen LogP contribution in [0, 0.1) is 0 Å². The minimum Gasteiger partial charge on any atom is -0.317 e. The lowest BCUT2D eigenvalue weighted by Gasteiger charge is -2.32. The van der Waals surface area contributed by atoms with Gasteiger partial charge in [-0.05, 0) is 41.3 Å². The molecule has 180 valence electrons. The van der Waals surface area contributed by atoms with E-state index in [9.17, 15) is 4.79 Å². The van der Waals surface area contributed by atoms with Crippen LogP contribution in [-0.4, -0.2) is 45.5 Å². The Morgan fingerprint density at radius 3 is 2.86 bits per heavy atom. The van der Waals surface area contributed by atoms with Gasteiger partial charge in [-0.3, -0.25) is 9.56 Å². The predicted octanol–water partition coefficient (Wildman–Crippen LogP) is 3.30. The van der Waals surface area contributed by atoms with Gasteiger partial charge < -0.3 is 4.57 Å². The van der Waals surface area contributed by atoms with Gasteiger partial charge in [-0.25, -0.2) is 19.4 Å². The Balaban J connectivity index is 1.60. The van der Waals surface area contributed by atoms with Gasteiger partial charge in [0.2, 0.25) is 5.95 Å². The van der Waals surface area contributed by atoms with E-state index in [0.29, 0.717) is 24.7 Å². The summed E-state index contributed by atoms with van der Waals surface area (Å²) in [6, 6.07) is 8.14. The van der Waals surface area contributed by atoms with Crippen molar-refractivity contribution in [2.75, 3.05) is 0 Å². The molecule has 4 aromatic rings. The van der Waals surface area contributed by atoms with E-state index >= 15 is 0 Å². The molecule has 0 fully saturated rings. The third-order valence-electron chi connectivity index (χ3n) is 6.48. The number of imidazole rings is 2. The molecular weight excluding hydrogens is 442 g/mol. The fourth-order valence-electron chi connectivity index (χ4n) is 4.72. The molecule has 0 bridgehead atoms. The molecule has 0 saturated heterocycles. The van der Waals surface area contributed by atoms with Gasteiger partial charge >= 0.3 is 5.69 Å². The topological polar surface area (TPSA) is 112 Å². The average Bonchev–Trinajstić information content (AvgIpc) is 3.63. The number of allylic oxidation sites excluding steroid dienone is 1. The van der Waals surface area contributed by atoms with Crippen LogP contribution in [0.15, 0.2) is 64.9 Å². The molecule has 1 aromatic carbocycles. The summed E-state index contributed by atoms with van der Waals surface area (Å²) in [5.41, 5.74) is 2.44. The number of rotatable bonds is 9. The first kappa shape index (κ1) is 22.7. The summed E-state index contributed by atoms with van der Waals surface area (Å²) >= 11 is 0. The maximum absolute atomic E-state index is 13.8. The monoisotopic (exact) mass is 471 g/mol. The Morgan fingerprint density at radius 1 is 1.20 bits per heavy atom. The Bertz CT molecular complexity index is 1410. The molecule has 1 N–H and O–H groups in total. The first-order valence-corrected chi connectivity index (χ1v) is 12.0. The van der Waals surface area contributed by atoms with Crippen molar-refractivity contribution < 1.29 is 0 Å². The van der Waals surface area contributed by atoms with Crippen molar-refractivity contribution in [3.8, 4) is 17.3 Å². The summed E-state index contributed by atoms with van der Waals surface area (Å²) in [5, 5.41) is 14.3. The molecule has 1 unspecified atom stereocenters. The van der Waals surface area contributed by atoms with Crippen LogP contribution in [0.5, 0.6) is 0 Å². The van der Waals surface area contributed by atoms with Gasteiger partial charge in [-0.2, -0.15) is 0 Å². The lowest BCUT2D eigenvalue weighted by Crippen LogP contribution is -2.37. The van der Waals surface area contributed by atoms with E-state index in [1.165, 1.54) is 0 Å². The molecule has 0 radical (unpaired) electrons. The predicted molar refractivity (Wildman–Crippen MR) is 134 cm³/mol. The molecule has 10 nitrogen and oxygen atoms in total. The van der Waals surface area contributed by atoms with Gasteiger partial charge in [-0.15, -0.1) is 5.10 Å². The second kappa shape index (κ2) is 9.65. The normalized spacial score (nSPS) is 17.3. The molecule has 0 saturated carbocycles. The molecule has 0 aliphatic carbocycles. The van der Waals surface area contributed by atoms with Gasteiger partial charge in [0.05, 0.1) is 0 Å². The van der Waals surface area contributed by atoms with E-state index in [-0.39, 0.29) is 5.69 Å². The molecule has 4 heterocycles. The molecule has 5 rings (SSSR count). The highest BCUT2D eigenvalue weighted by Crippen LogP contribution is 2.35. The Morgan fingerprint density at radius 2 is 2.11 bits per heavy atom. The van der Waals surface area contributed by atoms with Crippen LogP contribution in [0.1, 0.15) is 44.4 Å². The molecule has 35 heavy (non-hydrogen) atoms. The summed E-state index contributed by atoms with van der Waals surface area (Å²) in [5.74, 6) is 1.26. The number of hydrogen-bond acceptors (Lipinski definition) is 6. The fraction of sp³-hybridized carbons (Fsp3) is 0.360. The zero-order valence-corrected chi connectivity index (χ0v) is 20.0. The van der Waals surface area contributed by atoms with E-state index < -0.39 is 5.41 Å². The number of aryl methyl sites for hydroxylation is 2. The van der Waals surface area contributed by atoms with E-state index in [1.54, 1.807) is 10.8 Å². The van der Waals surface area contributed by atoms with Crippen molar-refractivity contribution in [2.24, 2.45) is 4.99 Å². The van der Waals surface area contributed by atoms with Gasteiger partial charge in [-0.1, -0.05) is 44.5 Å². The summed E-state index contributed by atoms with van der Waals surface area (Å²) < 4.78 is 5.62. The smallest absolute Gasteiger partial charge is 0.317 e. The molecule has 0 spiro atoms. The highest BCUT2D eigenvalue weighted by Gasteiger charge is 2.33. The molecule has 10 heteroatoms. The van der Waals surface area contributed by atoms with E-state index in [1.807, 2.05) is 46.1 Å². The lowest BCUT2D eigenvalue weighted by atomic mass is 9.76. The second-order valence-electron chi connectivity index (χ2n) is 8.87. The molecule has 1 atom stereocenters. The lowest BCUT2D eigenvalue weighted by molar-refractivity contribution is 0.438. The molecular formula is C25H29N9O. The average molecular weight is 472 g/mol. The van der Waals surface area contributed by atoms with Crippen LogP contribution >= 0.6 is 0 Å². The first-order valence-electron chi connectivity index (χ1n) is 12.0. The largest absolute Gasteiger partial charge is 0.335 e. The second-order valence-corrected chi connectivity index (χ2v) is 8.87. The van der Waals surface area contributed by atoms with E-state index in [0.717, 1.165) is 42.6 Å².